The maximum atomic E-state index is 10.7. The lowest BCUT2D eigenvalue weighted by Gasteiger charge is -2.36. The van der Waals surface area contributed by atoms with Gasteiger partial charge in [-0.25, -0.2) is 0 Å². The quantitative estimate of drug-likeness (QED) is 0.717. The van der Waals surface area contributed by atoms with E-state index >= 15 is 0 Å². The van der Waals surface area contributed by atoms with Crippen molar-refractivity contribution < 1.29 is 9.90 Å². The Balaban J connectivity index is 1.77. The third-order valence-electron chi connectivity index (χ3n) is 4.30. The van der Waals surface area contributed by atoms with Crippen LogP contribution in [0.25, 0.3) is 0 Å². The second-order valence-corrected chi connectivity index (χ2v) is 5.72. The van der Waals surface area contributed by atoms with Crippen LogP contribution in [0.5, 0.6) is 0 Å². The molecule has 1 saturated heterocycles. The molecule has 0 bridgehead atoms. The Morgan fingerprint density at radius 2 is 1.90 bits per heavy atom. The Bertz CT molecular complexity index is 446. The summed E-state index contributed by atoms with van der Waals surface area (Å²) in [5.74, 6) is -0.501. The van der Waals surface area contributed by atoms with Gasteiger partial charge in [-0.3, -0.25) is 9.78 Å². The normalized spacial score (nSPS) is 19.2. The number of aromatic nitrogens is 1. The molecule has 0 aromatic carbocycles. The number of hydrogen-bond acceptors (Lipinski definition) is 5. The van der Waals surface area contributed by atoms with Gasteiger partial charge in [-0.05, 0) is 43.7 Å². The Morgan fingerprint density at radius 3 is 2.48 bits per heavy atom. The van der Waals surface area contributed by atoms with Crippen molar-refractivity contribution in [2.75, 3.05) is 18.0 Å². The van der Waals surface area contributed by atoms with E-state index in [4.69, 9.17) is 16.6 Å². The minimum Gasteiger partial charge on any atom is -0.480 e. The molecule has 2 rings (SSSR count). The van der Waals surface area contributed by atoms with Crippen molar-refractivity contribution in [3.63, 3.8) is 0 Å². The van der Waals surface area contributed by atoms with Crippen LogP contribution in [0.3, 0.4) is 0 Å². The molecule has 0 spiro atoms. The molecule has 116 valence electrons. The zero-order valence-electron chi connectivity index (χ0n) is 12.2. The lowest BCUT2D eigenvalue weighted by Crippen LogP contribution is -2.42. The highest BCUT2D eigenvalue weighted by atomic mass is 16.4. The van der Waals surface area contributed by atoms with Gasteiger partial charge in [0.15, 0.2) is 0 Å². The van der Waals surface area contributed by atoms with Gasteiger partial charge in [0, 0.05) is 37.2 Å². The van der Waals surface area contributed by atoms with Crippen LogP contribution in [-0.2, 0) is 4.79 Å². The molecule has 2 heterocycles. The lowest BCUT2D eigenvalue weighted by molar-refractivity contribution is -0.138. The predicted octanol–water partition coefficient (Wildman–Crippen LogP) is 0.817. The standard InChI is InChI=1S/C15H24N4O2/c16-13(1-2-14(17)15(20)21)11-5-9-19(10-6-11)12-3-7-18-8-4-12/h3-4,7-8,11,13-14H,1-2,5-6,9-10,16-17H2,(H,20,21)/t13?,14-/m0/s1. The number of rotatable bonds is 6. The molecule has 1 aliphatic heterocycles. The zero-order valence-corrected chi connectivity index (χ0v) is 12.2. The number of anilines is 1. The molecular formula is C15H24N4O2. The lowest BCUT2D eigenvalue weighted by atomic mass is 9.86. The van der Waals surface area contributed by atoms with Gasteiger partial charge in [-0.1, -0.05) is 0 Å². The number of carboxylic acid groups (broad SMARTS) is 1. The fourth-order valence-electron chi connectivity index (χ4n) is 2.87. The Morgan fingerprint density at radius 1 is 1.29 bits per heavy atom. The van der Waals surface area contributed by atoms with Crippen molar-refractivity contribution in [2.45, 2.75) is 37.8 Å². The molecule has 6 nitrogen and oxygen atoms in total. The van der Waals surface area contributed by atoms with E-state index in [0.717, 1.165) is 25.9 Å². The summed E-state index contributed by atoms with van der Waals surface area (Å²) in [5, 5.41) is 8.79. The Labute approximate surface area is 125 Å². The number of pyridine rings is 1. The fraction of sp³-hybridized carbons (Fsp3) is 0.600. The third kappa shape index (κ3) is 4.41. The van der Waals surface area contributed by atoms with Crippen molar-refractivity contribution in [3.05, 3.63) is 24.5 Å². The van der Waals surface area contributed by atoms with Crippen LogP contribution >= 0.6 is 0 Å². The van der Waals surface area contributed by atoms with Crippen molar-refractivity contribution in [1.82, 2.24) is 4.98 Å². The van der Waals surface area contributed by atoms with Gasteiger partial charge in [-0.2, -0.15) is 0 Å². The molecule has 1 aromatic rings. The first kappa shape index (κ1) is 15.7. The van der Waals surface area contributed by atoms with Crippen LogP contribution in [0.4, 0.5) is 5.69 Å². The number of nitrogens with zero attached hydrogens (tertiary/aromatic N) is 2. The maximum Gasteiger partial charge on any atom is 0.320 e. The highest BCUT2D eigenvalue weighted by Crippen LogP contribution is 2.25. The number of aliphatic carboxylic acids is 1. The monoisotopic (exact) mass is 292 g/mol. The number of hydrogen-bond donors (Lipinski definition) is 3. The van der Waals surface area contributed by atoms with Crippen molar-refractivity contribution in [1.29, 1.82) is 0 Å². The summed E-state index contributed by atoms with van der Waals surface area (Å²) in [6.45, 7) is 1.96. The SMILES string of the molecule is NC(CC[C@H](N)C(=O)O)C1CCN(c2ccncc2)CC1. The molecular weight excluding hydrogens is 268 g/mol. The second-order valence-electron chi connectivity index (χ2n) is 5.72. The topological polar surface area (TPSA) is 105 Å². The molecule has 1 aromatic heterocycles. The molecule has 6 heteroatoms. The van der Waals surface area contributed by atoms with Crippen LogP contribution in [0.15, 0.2) is 24.5 Å². The van der Waals surface area contributed by atoms with Crippen LogP contribution in [0.2, 0.25) is 0 Å². The zero-order chi connectivity index (χ0) is 15.2. The molecule has 0 amide bonds. The number of carbonyl (C=O) groups is 1. The van der Waals surface area contributed by atoms with E-state index in [-0.39, 0.29) is 6.04 Å². The Hall–Kier alpha value is -1.66. The third-order valence-corrected chi connectivity index (χ3v) is 4.30. The average Bonchev–Trinajstić information content (AvgIpc) is 2.53. The second kappa shape index (κ2) is 7.38. The van der Waals surface area contributed by atoms with Crippen molar-refractivity contribution in [3.8, 4) is 0 Å². The summed E-state index contributed by atoms with van der Waals surface area (Å²) in [6.07, 6.45) is 6.80. The minimum atomic E-state index is -0.949. The highest BCUT2D eigenvalue weighted by Gasteiger charge is 2.25. The predicted molar refractivity (Wildman–Crippen MR) is 82.0 cm³/mol. The van der Waals surface area contributed by atoms with Crippen molar-refractivity contribution in [2.24, 2.45) is 17.4 Å². The highest BCUT2D eigenvalue weighted by molar-refractivity contribution is 5.72. The molecule has 21 heavy (non-hydrogen) atoms. The first-order valence-electron chi connectivity index (χ1n) is 7.47. The van der Waals surface area contributed by atoms with E-state index < -0.39 is 12.0 Å². The maximum absolute atomic E-state index is 10.7. The van der Waals surface area contributed by atoms with E-state index in [1.165, 1.54) is 5.69 Å². The molecule has 2 atom stereocenters. The molecule has 1 aliphatic rings. The molecule has 0 saturated carbocycles. The van der Waals surface area contributed by atoms with Crippen molar-refractivity contribution >= 4 is 11.7 Å². The van der Waals surface area contributed by atoms with Crippen LogP contribution in [0, 0.1) is 5.92 Å². The van der Waals surface area contributed by atoms with E-state index in [9.17, 15) is 4.79 Å². The van der Waals surface area contributed by atoms with E-state index in [2.05, 4.69) is 9.88 Å². The van der Waals surface area contributed by atoms with Crippen LogP contribution in [0.1, 0.15) is 25.7 Å². The molecule has 0 aliphatic carbocycles. The van der Waals surface area contributed by atoms with Gasteiger partial charge in [0.05, 0.1) is 0 Å². The van der Waals surface area contributed by atoms with Gasteiger partial charge in [0.2, 0.25) is 0 Å². The number of nitrogens with two attached hydrogens (primary N) is 2. The average molecular weight is 292 g/mol. The van der Waals surface area contributed by atoms with Gasteiger partial charge in [-0.15, -0.1) is 0 Å². The van der Waals surface area contributed by atoms with Gasteiger partial charge in [0.1, 0.15) is 6.04 Å². The number of carboxylic acids is 1. The molecule has 1 unspecified atom stereocenters. The minimum absolute atomic E-state index is 0.0370. The smallest absolute Gasteiger partial charge is 0.320 e. The summed E-state index contributed by atoms with van der Waals surface area (Å²) < 4.78 is 0. The summed E-state index contributed by atoms with van der Waals surface area (Å²) in [7, 11) is 0. The first-order chi connectivity index (χ1) is 10.1. The molecule has 5 N–H and O–H groups in total. The van der Waals surface area contributed by atoms with E-state index in [1.54, 1.807) is 12.4 Å². The molecule has 1 fully saturated rings. The largest absolute Gasteiger partial charge is 0.480 e. The van der Waals surface area contributed by atoms with Gasteiger partial charge in [0.25, 0.3) is 0 Å². The first-order valence-corrected chi connectivity index (χ1v) is 7.47. The summed E-state index contributed by atoms with van der Waals surface area (Å²) in [4.78, 5) is 17.1. The van der Waals surface area contributed by atoms with Gasteiger partial charge < -0.3 is 21.5 Å². The summed E-state index contributed by atoms with van der Waals surface area (Å²) in [5.41, 5.74) is 12.9. The summed E-state index contributed by atoms with van der Waals surface area (Å²) >= 11 is 0. The van der Waals surface area contributed by atoms with Crippen LogP contribution < -0.4 is 16.4 Å². The van der Waals surface area contributed by atoms with E-state index in [1.807, 2.05) is 12.1 Å². The Kier molecular flexibility index (Phi) is 5.52. The number of piperidine rings is 1. The molecule has 0 radical (unpaired) electrons. The van der Waals surface area contributed by atoms with Gasteiger partial charge >= 0.3 is 5.97 Å². The van der Waals surface area contributed by atoms with E-state index in [0.29, 0.717) is 18.8 Å². The fourth-order valence-corrected chi connectivity index (χ4v) is 2.87. The van der Waals surface area contributed by atoms with Crippen LogP contribution in [-0.4, -0.2) is 41.2 Å². The summed E-state index contributed by atoms with van der Waals surface area (Å²) in [6, 6.07) is 3.28.